The highest BCUT2D eigenvalue weighted by Gasteiger charge is 2.38. The van der Waals surface area contributed by atoms with E-state index in [1.165, 1.54) is 0 Å². The van der Waals surface area contributed by atoms with Gasteiger partial charge in [0.15, 0.2) is 9.84 Å². The van der Waals surface area contributed by atoms with Crippen molar-refractivity contribution in [2.75, 3.05) is 16.8 Å². The van der Waals surface area contributed by atoms with Gasteiger partial charge in [-0.15, -0.1) is 0 Å². The quantitative estimate of drug-likeness (QED) is 0.870. The Morgan fingerprint density at radius 2 is 2.28 bits per heavy atom. The fourth-order valence-electron chi connectivity index (χ4n) is 2.19. The van der Waals surface area contributed by atoms with Crippen LogP contribution in [0.25, 0.3) is 0 Å². The molecule has 2 heterocycles. The van der Waals surface area contributed by atoms with Crippen LogP contribution in [-0.2, 0) is 9.84 Å². The Balaban J connectivity index is 2.31. The Kier molecular flexibility index (Phi) is 3.03. The number of hydrogen-bond acceptors (Lipinski definition) is 5. The van der Waals surface area contributed by atoms with Crippen molar-refractivity contribution in [3.63, 3.8) is 0 Å². The number of nitrogens with zero attached hydrogens (tertiary/aromatic N) is 2. The van der Waals surface area contributed by atoms with Gasteiger partial charge in [-0.05, 0) is 31.9 Å². The molecule has 1 aliphatic rings. The number of sulfone groups is 1. The van der Waals surface area contributed by atoms with Crippen molar-refractivity contribution in [1.29, 1.82) is 5.26 Å². The van der Waals surface area contributed by atoms with E-state index in [0.717, 1.165) is 5.56 Å². The maximum atomic E-state index is 11.5. The lowest BCUT2D eigenvalue weighted by Gasteiger charge is -2.25. The highest BCUT2D eigenvalue weighted by molar-refractivity contribution is 7.91. The number of aromatic nitrogens is 1. The summed E-state index contributed by atoms with van der Waals surface area (Å²) in [5, 5.41) is 12.2. The topological polar surface area (TPSA) is 82.8 Å². The molecule has 1 fully saturated rings. The summed E-state index contributed by atoms with van der Waals surface area (Å²) < 4.78 is 23.1. The fourth-order valence-corrected chi connectivity index (χ4v) is 4.28. The van der Waals surface area contributed by atoms with Crippen LogP contribution in [0.5, 0.6) is 0 Å². The van der Waals surface area contributed by atoms with Crippen molar-refractivity contribution >= 4 is 15.7 Å². The van der Waals surface area contributed by atoms with Gasteiger partial charge >= 0.3 is 0 Å². The third-order valence-electron chi connectivity index (χ3n) is 3.19. The SMILES string of the molecule is Cc1ccnc(NC2(C)CCS(=O)(=O)C2)c1C#N. The molecule has 5 nitrogen and oxygen atoms in total. The van der Waals surface area contributed by atoms with Crippen LogP contribution < -0.4 is 5.32 Å². The average Bonchev–Trinajstić information content (AvgIpc) is 2.53. The normalized spacial score (nSPS) is 25.6. The molecule has 1 saturated heterocycles. The minimum absolute atomic E-state index is 0.0838. The molecule has 0 aromatic carbocycles. The number of aryl methyl sites for hydroxylation is 1. The minimum Gasteiger partial charge on any atom is -0.363 e. The van der Waals surface area contributed by atoms with Crippen LogP contribution in [0.3, 0.4) is 0 Å². The van der Waals surface area contributed by atoms with E-state index in [9.17, 15) is 8.42 Å². The van der Waals surface area contributed by atoms with E-state index < -0.39 is 15.4 Å². The van der Waals surface area contributed by atoms with Crippen molar-refractivity contribution in [2.24, 2.45) is 0 Å². The van der Waals surface area contributed by atoms with Crippen LogP contribution in [0.15, 0.2) is 12.3 Å². The highest BCUT2D eigenvalue weighted by Crippen LogP contribution is 2.28. The standard InChI is InChI=1S/C12H15N3O2S/c1-9-3-5-14-11(10(9)7-13)15-12(2)4-6-18(16,17)8-12/h3,5H,4,6,8H2,1-2H3,(H,14,15). The van der Waals surface area contributed by atoms with E-state index in [1.807, 2.05) is 13.8 Å². The summed E-state index contributed by atoms with van der Waals surface area (Å²) in [5.74, 6) is 0.738. The van der Waals surface area contributed by atoms with Gasteiger partial charge < -0.3 is 5.32 Å². The second-order valence-corrected chi connectivity index (χ2v) is 7.18. The second kappa shape index (κ2) is 4.25. The van der Waals surface area contributed by atoms with Crippen LogP contribution >= 0.6 is 0 Å². The summed E-state index contributed by atoms with van der Waals surface area (Å²) in [6, 6.07) is 3.86. The van der Waals surface area contributed by atoms with Crippen LogP contribution in [0, 0.1) is 18.3 Å². The van der Waals surface area contributed by atoms with Crippen LogP contribution in [-0.4, -0.2) is 30.4 Å². The van der Waals surface area contributed by atoms with Gasteiger partial charge in [0.05, 0.1) is 22.6 Å². The zero-order valence-corrected chi connectivity index (χ0v) is 11.2. The van der Waals surface area contributed by atoms with Gasteiger partial charge in [0.1, 0.15) is 11.9 Å². The molecule has 1 unspecified atom stereocenters. The molecule has 0 spiro atoms. The molecule has 2 rings (SSSR count). The number of anilines is 1. The Morgan fingerprint density at radius 3 is 2.83 bits per heavy atom. The molecule has 0 radical (unpaired) electrons. The Morgan fingerprint density at radius 1 is 1.56 bits per heavy atom. The molecular weight excluding hydrogens is 250 g/mol. The van der Waals surface area contributed by atoms with E-state index in [2.05, 4.69) is 16.4 Å². The first-order chi connectivity index (χ1) is 8.35. The molecule has 6 heteroatoms. The first kappa shape index (κ1) is 12.8. The van der Waals surface area contributed by atoms with Gasteiger partial charge in [0.25, 0.3) is 0 Å². The first-order valence-electron chi connectivity index (χ1n) is 5.70. The first-order valence-corrected chi connectivity index (χ1v) is 7.52. The second-order valence-electron chi connectivity index (χ2n) is 4.99. The summed E-state index contributed by atoms with van der Waals surface area (Å²) in [6.45, 7) is 3.68. The molecule has 0 aliphatic carbocycles. The average molecular weight is 265 g/mol. The summed E-state index contributed by atoms with van der Waals surface area (Å²) in [6.07, 6.45) is 2.15. The number of hydrogen-bond donors (Lipinski definition) is 1. The van der Waals surface area contributed by atoms with Crippen molar-refractivity contribution in [3.05, 3.63) is 23.4 Å². The molecule has 1 aromatic heterocycles. The third-order valence-corrected chi connectivity index (χ3v) is 5.10. The lowest BCUT2D eigenvalue weighted by atomic mass is 10.0. The summed E-state index contributed by atoms with van der Waals surface area (Å²) in [7, 11) is -2.98. The highest BCUT2D eigenvalue weighted by atomic mass is 32.2. The van der Waals surface area contributed by atoms with Gasteiger partial charge in [-0.3, -0.25) is 0 Å². The molecule has 1 aromatic rings. The predicted molar refractivity (Wildman–Crippen MR) is 69.0 cm³/mol. The van der Waals surface area contributed by atoms with Crippen molar-refractivity contribution < 1.29 is 8.42 Å². The number of rotatable bonds is 2. The Bertz CT molecular complexity index is 619. The molecule has 18 heavy (non-hydrogen) atoms. The summed E-state index contributed by atoms with van der Waals surface area (Å²) in [4.78, 5) is 4.14. The van der Waals surface area contributed by atoms with Crippen molar-refractivity contribution in [2.45, 2.75) is 25.8 Å². The van der Waals surface area contributed by atoms with Gasteiger partial charge in [0.2, 0.25) is 0 Å². The summed E-state index contributed by atoms with van der Waals surface area (Å²) in [5.41, 5.74) is 0.771. The summed E-state index contributed by atoms with van der Waals surface area (Å²) >= 11 is 0. The lowest BCUT2D eigenvalue weighted by molar-refractivity contribution is 0.571. The van der Waals surface area contributed by atoms with E-state index in [0.29, 0.717) is 17.8 Å². The lowest BCUT2D eigenvalue weighted by Crippen LogP contribution is -2.36. The van der Waals surface area contributed by atoms with Crippen LogP contribution in [0.2, 0.25) is 0 Å². The maximum absolute atomic E-state index is 11.5. The number of pyridine rings is 1. The smallest absolute Gasteiger partial charge is 0.152 e. The van der Waals surface area contributed by atoms with Crippen LogP contribution in [0.1, 0.15) is 24.5 Å². The Labute approximate surface area is 107 Å². The largest absolute Gasteiger partial charge is 0.363 e. The molecule has 1 aliphatic heterocycles. The maximum Gasteiger partial charge on any atom is 0.152 e. The molecule has 0 saturated carbocycles. The van der Waals surface area contributed by atoms with Gasteiger partial charge in [-0.1, -0.05) is 0 Å². The molecular formula is C12H15N3O2S. The van der Waals surface area contributed by atoms with Gasteiger partial charge in [0, 0.05) is 6.20 Å². The minimum atomic E-state index is -2.98. The molecule has 1 N–H and O–H groups in total. The zero-order chi connectivity index (χ0) is 13.4. The third kappa shape index (κ3) is 2.46. The van der Waals surface area contributed by atoms with Gasteiger partial charge in [-0.2, -0.15) is 5.26 Å². The predicted octanol–water partition coefficient (Wildman–Crippen LogP) is 1.25. The van der Waals surface area contributed by atoms with E-state index in [-0.39, 0.29) is 11.5 Å². The molecule has 1 atom stereocenters. The van der Waals surface area contributed by atoms with E-state index in [4.69, 9.17) is 5.26 Å². The molecule has 96 valence electrons. The molecule has 0 amide bonds. The van der Waals surface area contributed by atoms with E-state index >= 15 is 0 Å². The van der Waals surface area contributed by atoms with Crippen LogP contribution in [0.4, 0.5) is 5.82 Å². The van der Waals surface area contributed by atoms with Crippen molar-refractivity contribution in [1.82, 2.24) is 4.98 Å². The zero-order valence-electron chi connectivity index (χ0n) is 10.4. The molecule has 0 bridgehead atoms. The van der Waals surface area contributed by atoms with E-state index in [1.54, 1.807) is 12.3 Å². The monoisotopic (exact) mass is 265 g/mol. The number of nitrogens with one attached hydrogen (secondary N) is 1. The Hall–Kier alpha value is -1.61. The van der Waals surface area contributed by atoms with Gasteiger partial charge in [-0.25, -0.2) is 13.4 Å². The fraction of sp³-hybridized carbons (Fsp3) is 0.500. The van der Waals surface area contributed by atoms with Crippen molar-refractivity contribution in [3.8, 4) is 6.07 Å². The number of nitriles is 1.